The largest absolute Gasteiger partial charge is 0.352 e. The molecular weight excluding hydrogens is 416 g/mol. The lowest BCUT2D eigenvalue weighted by Gasteiger charge is -2.30. The second-order valence-electron chi connectivity index (χ2n) is 7.73. The zero-order chi connectivity index (χ0) is 21.3. The summed E-state index contributed by atoms with van der Waals surface area (Å²) in [4.78, 5) is 28.8. The van der Waals surface area contributed by atoms with Crippen molar-refractivity contribution in [3.05, 3.63) is 65.2 Å². The van der Waals surface area contributed by atoms with E-state index in [0.29, 0.717) is 23.7 Å². The van der Waals surface area contributed by atoms with Gasteiger partial charge in [0.15, 0.2) is 0 Å². The smallest absolute Gasteiger partial charge is 0.242 e. The molecule has 2 amide bonds. The summed E-state index contributed by atoms with van der Waals surface area (Å²) in [5, 5.41) is 3.79. The fourth-order valence-electron chi connectivity index (χ4n) is 3.68. The van der Waals surface area contributed by atoms with Crippen LogP contribution >= 0.6 is 23.4 Å². The van der Waals surface area contributed by atoms with Crippen molar-refractivity contribution in [2.75, 3.05) is 5.75 Å². The van der Waals surface area contributed by atoms with Gasteiger partial charge >= 0.3 is 0 Å². The predicted molar refractivity (Wildman–Crippen MR) is 124 cm³/mol. The first kappa shape index (κ1) is 22.7. The standard InChI is InChI=1S/C24H29ClN2O2S/c1-18(24(29)26-21-7-5-6-8-21)27(17-19-11-13-20(25)14-12-19)23(28)15-16-30-22-9-3-2-4-10-22/h2-4,9-14,18,21H,5-8,15-17H2,1H3,(H,26,29)/t18-/m0/s1. The van der Waals surface area contributed by atoms with Crippen LogP contribution in [-0.2, 0) is 16.1 Å². The number of rotatable bonds is 9. The maximum atomic E-state index is 13.1. The third kappa shape index (κ3) is 6.78. The third-order valence-electron chi connectivity index (χ3n) is 5.46. The van der Waals surface area contributed by atoms with E-state index in [2.05, 4.69) is 5.32 Å². The van der Waals surface area contributed by atoms with Crippen molar-refractivity contribution in [1.29, 1.82) is 0 Å². The number of hydrogen-bond acceptors (Lipinski definition) is 3. The lowest BCUT2D eigenvalue weighted by Crippen LogP contribution is -2.49. The quantitative estimate of drug-likeness (QED) is 0.534. The minimum absolute atomic E-state index is 0.0116. The van der Waals surface area contributed by atoms with Crippen molar-refractivity contribution in [3.8, 4) is 0 Å². The highest BCUT2D eigenvalue weighted by Crippen LogP contribution is 2.21. The van der Waals surface area contributed by atoms with Gasteiger partial charge in [-0.3, -0.25) is 9.59 Å². The fourth-order valence-corrected chi connectivity index (χ4v) is 4.67. The molecule has 2 aromatic carbocycles. The first-order chi connectivity index (χ1) is 14.5. The summed E-state index contributed by atoms with van der Waals surface area (Å²) in [7, 11) is 0. The summed E-state index contributed by atoms with van der Waals surface area (Å²) in [6, 6.07) is 17.2. The Labute approximate surface area is 188 Å². The van der Waals surface area contributed by atoms with E-state index in [1.165, 1.54) is 0 Å². The summed E-state index contributed by atoms with van der Waals surface area (Å²) < 4.78 is 0. The lowest BCUT2D eigenvalue weighted by atomic mass is 10.1. The second kappa shape index (κ2) is 11.4. The number of amides is 2. The minimum atomic E-state index is -0.518. The van der Waals surface area contributed by atoms with Crippen LogP contribution in [0.2, 0.25) is 5.02 Å². The van der Waals surface area contributed by atoms with E-state index in [1.54, 1.807) is 16.7 Å². The van der Waals surface area contributed by atoms with Crippen molar-refractivity contribution in [2.24, 2.45) is 0 Å². The lowest BCUT2D eigenvalue weighted by molar-refractivity contribution is -0.140. The number of halogens is 1. The van der Waals surface area contributed by atoms with Gasteiger partial charge in [0.1, 0.15) is 6.04 Å². The van der Waals surface area contributed by atoms with Crippen LogP contribution in [0.3, 0.4) is 0 Å². The van der Waals surface area contributed by atoms with Crippen LogP contribution in [0.4, 0.5) is 0 Å². The average molecular weight is 445 g/mol. The second-order valence-corrected chi connectivity index (χ2v) is 9.33. The Balaban J connectivity index is 1.64. The summed E-state index contributed by atoms with van der Waals surface area (Å²) in [6.07, 6.45) is 4.75. The van der Waals surface area contributed by atoms with Gasteiger partial charge in [-0.25, -0.2) is 0 Å². The van der Waals surface area contributed by atoms with Gasteiger partial charge in [0.2, 0.25) is 11.8 Å². The molecule has 4 nitrogen and oxygen atoms in total. The van der Waals surface area contributed by atoms with Crippen molar-refractivity contribution >= 4 is 35.2 Å². The van der Waals surface area contributed by atoms with Crippen LogP contribution in [-0.4, -0.2) is 34.6 Å². The molecule has 0 saturated heterocycles. The maximum Gasteiger partial charge on any atom is 0.242 e. The number of hydrogen-bond donors (Lipinski definition) is 1. The molecule has 6 heteroatoms. The zero-order valence-corrected chi connectivity index (χ0v) is 18.9. The minimum Gasteiger partial charge on any atom is -0.352 e. The molecule has 3 rings (SSSR count). The van der Waals surface area contributed by atoms with Gasteiger partial charge in [0.25, 0.3) is 0 Å². The van der Waals surface area contributed by atoms with Gasteiger partial charge in [-0.15, -0.1) is 11.8 Å². The topological polar surface area (TPSA) is 49.4 Å². The first-order valence-corrected chi connectivity index (χ1v) is 11.9. The third-order valence-corrected chi connectivity index (χ3v) is 6.73. The summed E-state index contributed by atoms with van der Waals surface area (Å²) in [5.41, 5.74) is 0.962. The Hall–Kier alpha value is -1.98. The van der Waals surface area contributed by atoms with Crippen LogP contribution in [0.25, 0.3) is 0 Å². The molecule has 1 aliphatic rings. The summed E-state index contributed by atoms with van der Waals surface area (Å²) in [6.45, 7) is 2.22. The molecule has 0 aromatic heterocycles. The number of thioether (sulfide) groups is 1. The Morgan fingerprint density at radius 3 is 2.43 bits per heavy atom. The highest BCUT2D eigenvalue weighted by molar-refractivity contribution is 7.99. The predicted octanol–water partition coefficient (Wildman–Crippen LogP) is 5.30. The molecule has 30 heavy (non-hydrogen) atoms. The number of carbonyl (C=O) groups is 2. The van der Waals surface area contributed by atoms with E-state index in [9.17, 15) is 9.59 Å². The average Bonchev–Trinajstić information content (AvgIpc) is 3.26. The van der Waals surface area contributed by atoms with Gasteiger partial charge < -0.3 is 10.2 Å². The molecule has 0 spiro atoms. The van der Waals surface area contributed by atoms with Gasteiger partial charge in [0.05, 0.1) is 0 Å². The highest BCUT2D eigenvalue weighted by atomic mass is 35.5. The molecule has 1 atom stereocenters. The number of nitrogens with one attached hydrogen (secondary N) is 1. The van der Waals surface area contributed by atoms with Crippen LogP contribution < -0.4 is 5.32 Å². The maximum absolute atomic E-state index is 13.1. The molecule has 1 N–H and O–H groups in total. The van der Waals surface area contributed by atoms with Crippen LogP contribution in [0.1, 0.15) is 44.6 Å². The van der Waals surface area contributed by atoms with Crippen LogP contribution in [0.5, 0.6) is 0 Å². The monoisotopic (exact) mass is 444 g/mol. The summed E-state index contributed by atoms with van der Waals surface area (Å²) >= 11 is 7.65. The van der Waals surface area contributed by atoms with E-state index in [0.717, 1.165) is 36.1 Å². The van der Waals surface area contributed by atoms with Crippen molar-refractivity contribution < 1.29 is 9.59 Å². The molecule has 160 valence electrons. The Morgan fingerprint density at radius 2 is 1.77 bits per heavy atom. The van der Waals surface area contributed by atoms with E-state index in [-0.39, 0.29) is 17.9 Å². The van der Waals surface area contributed by atoms with E-state index < -0.39 is 6.04 Å². The number of carbonyl (C=O) groups excluding carboxylic acids is 2. The highest BCUT2D eigenvalue weighted by Gasteiger charge is 2.28. The molecule has 1 aliphatic carbocycles. The number of benzene rings is 2. The molecule has 0 heterocycles. The molecule has 0 bridgehead atoms. The Bertz CT molecular complexity index is 823. The molecular formula is C24H29ClN2O2S. The molecule has 2 aromatic rings. The molecule has 1 fully saturated rings. The Morgan fingerprint density at radius 1 is 1.10 bits per heavy atom. The first-order valence-electron chi connectivity index (χ1n) is 10.5. The normalized spacial score (nSPS) is 15.0. The molecule has 0 unspecified atom stereocenters. The van der Waals surface area contributed by atoms with Gasteiger partial charge in [0, 0.05) is 34.7 Å². The van der Waals surface area contributed by atoms with Gasteiger partial charge in [-0.1, -0.05) is 54.8 Å². The molecule has 1 saturated carbocycles. The Kier molecular flexibility index (Phi) is 8.64. The van der Waals surface area contributed by atoms with E-state index >= 15 is 0 Å². The van der Waals surface area contributed by atoms with Gasteiger partial charge in [-0.2, -0.15) is 0 Å². The van der Waals surface area contributed by atoms with Gasteiger partial charge in [-0.05, 0) is 49.6 Å². The summed E-state index contributed by atoms with van der Waals surface area (Å²) in [5.74, 6) is 0.596. The molecule has 0 aliphatic heterocycles. The number of nitrogens with zero attached hydrogens (tertiary/aromatic N) is 1. The van der Waals surface area contributed by atoms with Crippen LogP contribution in [0.15, 0.2) is 59.5 Å². The zero-order valence-electron chi connectivity index (χ0n) is 17.4. The fraction of sp³-hybridized carbons (Fsp3) is 0.417. The van der Waals surface area contributed by atoms with Crippen LogP contribution in [0, 0.1) is 0 Å². The van der Waals surface area contributed by atoms with E-state index in [1.807, 2.05) is 61.5 Å². The van der Waals surface area contributed by atoms with Crippen molar-refractivity contribution in [2.45, 2.75) is 62.6 Å². The van der Waals surface area contributed by atoms with Crippen molar-refractivity contribution in [1.82, 2.24) is 10.2 Å². The van der Waals surface area contributed by atoms with E-state index in [4.69, 9.17) is 11.6 Å². The molecule has 0 radical (unpaired) electrons. The van der Waals surface area contributed by atoms with Crippen molar-refractivity contribution in [3.63, 3.8) is 0 Å². The SMILES string of the molecule is C[C@@H](C(=O)NC1CCCC1)N(Cc1ccc(Cl)cc1)C(=O)CCSc1ccccc1.